The van der Waals surface area contributed by atoms with E-state index in [0.717, 1.165) is 41.0 Å². The average Bonchev–Trinajstić information content (AvgIpc) is 2.84. The van der Waals surface area contributed by atoms with Crippen LogP contribution in [-0.4, -0.2) is 27.9 Å². The maximum Gasteiger partial charge on any atom is 0.214 e. The molecule has 1 aromatic carbocycles. The van der Waals surface area contributed by atoms with Gasteiger partial charge in [-0.15, -0.1) is 0 Å². The molecule has 1 amide bonds. The van der Waals surface area contributed by atoms with Gasteiger partial charge in [-0.05, 0) is 42.0 Å². The van der Waals surface area contributed by atoms with E-state index in [4.69, 9.17) is 4.98 Å². The zero-order valence-electron chi connectivity index (χ0n) is 17.1. The molecule has 154 valence electrons. The summed E-state index contributed by atoms with van der Waals surface area (Å²) in [5.41, 5.74) is 4.59. The number of hydrogen-bond donors (Lipinski definition) is 1. The Balaban J connectivity index is 1.61. The second-order valence-corrected chi connectivity index (χ2v) is 7.02. The minimum absolute atomic E-state index is 0.438. The lowest BCUT2D eigenvalue weighted by Gasteiger charge is -2.21. The highest BCUT2D eigenvalue weighted by molar-refractivity contribution is 5.83. The van der Waals surface area contributed by atoms with Gasteiger partial charge in [-0.25, -0.2) is 4.98 Å². The number of aromatic nitrogens is 3. The van der Waals surface area contributed by atoms with Gasteiger partial charge < -0.3 is 10.2 Å². The number of amides is 1. The molecule has 0 saturated carbocycles. The Bertz CT molecular complexity index is 1100. The van der Waals surface area contributed by atoms with Gasteiger partial charge >= 0.3 is 0 Å². The van der Waals surface area contributed by atoms with E-state index >= 15 is 0 Å². The molecule has 0 aliphatic heterocycles. The lowest BCUT2D eigenvalue weighted by Crippen LogP contribution is -2.22. The van der Waals surface area contributed by atoms with Crippen LogP contribution in [0.2, 0.25) is 0 Å². The van der Waals surface area contributed by atoms with Crippen LogP contribution in [0.5, 0.6) is 0 Å². The van der Waals surface area contributed by atoms with Gasteiger partial charge in [0, 0.05) is 42.8 Å². The fourth-order valence-electron chi connectivity index (χ4n) is 3.30. The standard InChI is InChI=1S/C25H23N5O/c31-19-30(18-20-11-15-26-16-12-20)24-10-9-23(21-6-2-1-3-7-21)29-25(24)28-17-13-22-8-4-5-14-27-22/h1-12,14-16,19H,13,17-18H2,(H,28,29). The van der Waals surface area contributed by atoms with E-state index in [1.165, 1.54) is 0 Å². The normalized spacial score (nSPS) is 10.5. The van der Waals surface area contributed by atoms with E-state index in [0.29, 0.717) is 18.9 Å². The van der Waals surface area contributed by atoms with Crippen LogP contribution in [0.4, 0.5) is 11.5 Å². The Hall–Kier alpha value is -4.06. The lowest BCUT2D eigenvalue weighted by atomic mass is 10.1. The zero-order chi connectivity index (χ0) is 21.3. The molecule has 0 aliphatic rings. The number of rotatable bonds is 9. The van der Waals surface area contributed by atoms with Crippen molar-refractivity contribution in [2.24, 2.45) is 0 Å². The molecule has 0 aliphatic carbocycles. The molecule has 3 heterocycles. The first-order chi connectivity index (χ1) is 15.3. The van der Waals surface area contributed by atoms with Crippen LogP contribution in [0, 0.1) is 0 Å². The Kier molecular flexibility index (Phi) is 6.60. The van der Waals surface area contributed by atoms with Crippen molar-refractivity contribution in [1.29, 1.82) is 0 Å². The molecule has 4 rings (SSSR count). The Morgan fingerprint density at radius 3 is 2.42 bits per heavy atom. The smallest absolute Gasteiger partial charge is 0.214 e. The molecule has 4 aromatic rings. The van der Waals surface area contributed by atoms with Crippen molar-refractivity contribution in [3.05, 3.63) is 103 Å². The third-order valence-corrected chi connectivity index (χ3v) is 4.88. The van der Waals surface area contributed by atoms with Crippen molar-refractivity contribution in [3.63, 3.8) is 0 Å². The number of carbonyl (C=O) groups excluding carboxylic acids is 1. The van der Waals surface area contributed by atoms with Crippen LogP contribution < -0.4 is 10.2 Å². The van der Waals surface area contributed by atoms with Gasteiger partial charge in [0.2, 0.25) is 6.41 Å². The van der Waals surface area contributed by atoms with Crippen molar-refractivity contribution in [3.8, 4) is 11.3 Å². The number of nitrogens with one attached hydrogen (secondary N) is 1. The number of anilines is 2. The quantitative estimate of drug-likeness (QED) is 0.416. The predicted molar refractivity (Wildman–Crippen MR) is 123 cm³/mol. The maximum absolute atomic E-state index is 12.0. The zero-order valence-corrected chi connectivity index (χ0v) is 17.1. The maximum atomic E-state index is 12.0. The van der Waals surface area contributed by atoms with Gasteiger partial charge in [0.25, 0.3) is 0 Å². The summed E-state index contributed by atoms with van der Waals surface area (Å²) < 4.78 is 0. The molecule has 0 fully saturated rings. The summed E-state index contributed by atoms with van der Waals surface area (Å²) >= 11 is 0. The van der Waals surface area contributed by atoms with Gasteiger partial charge in [0.05, 0.1) is 17.9 Å². The van der Waals surface area contributed by atoms with Crippen molar-refractivity contribution < 1.29 is 4.79 Å². The molecule has 0 saturated heterocycles. The summed E-state index contributed by atoms with van der Waals surface area (Å²) in [7, 11) is 0. The molecular weight excluding hydrogens is 386 g/mol. The van der Waals surface area contributed by atoms with E-state index in [1.807, 2.05) is 72.8 Å². The summed E-state index contributed by atoms with van der Waals surface area (Å²) in [6.45, 7) is 1.09. The molecule has 0 bridgehead atoms. The molecule has 31 heavy (non-hydrogen) atoms. The Morgan fingerprint density at radius 2 is 1.68 bits per heavy atom. The summed E-state index contributed by atoms with van der Waals surface area (Å²) in [4.78, 5) is 26.9. The van der Waals surface area contributed by atoms with Crippen molar-refractivity contribution in [2.45, 2.75) is 13.0 Å². The summed E-state index contributed by atoms with van der Waals surface area (Å²) in [5, 5.41) is 3.41. The van der Waals surface area contributed by atoms with Crippen LogP contribution in [0.15, 0.2) is 91.4 Å². The fourth-order valence-corrected chi connectivity index (χ4v) is 3.30. The number of pyridine rings is 3. The molecule has 1 N–H and O–H groups in total. The van der Waals surface area contributed by atoms with E-state index in [-0.39, 0.29) is 0 Å². The lowest BCUT2D eigenvalue weighted by molar-refractivity contribution is -0.107. The Labute approximate surface area is 181 Å². The minimum Gasteiger partial charge on any atom is -0.368 e. The van der Waals surface area contributed by atoms with Crippen LogP contribution >= 0.6 is 0 Å². The van der Waals surface area contributed by atoms with Crippen molar-refractivity contribution >= 4 is 17.9 Å². The first-order valence-corrected chi connectivity index (χ1v) is 10.1. The number of carbonyl (C=O) groups is 1. The van der Waals surface area contributed by atoms with Gasteiger partial charge in [0.1, 0.15) is 0 Å². The first-order valence-electron chi connectivity index (χ1n) is 10.1. The molecule has 0 spiro atoms. The molecule has 0 radical (unpaired) electrons. The molecule has 6 nitrogen and oxygen atoms in total. The SMILES string of the molecule is O=CN(Cc1ccncc1)c1ccc(-c2ccccc2)nc1NCCc1ccccn1. The highest BCUT2D eigenvalue weighted by Gasteiger charge is 2.14. The topological polar surface area (TPSA) is 71.0 Å². The number of hydrogen-bond acceptors (Lipinski definition) is 5. The molecule has 0 atom stereocenters. The highest BCUT2D eigenvalue weighted by Crippen LogP contribution is 2.28. The van der Waals surface area contributed by atoms with E-state index in [9.17, 15) is 4.79 Å². The van der Waals surface area contributed by atoms with Crippen molar-refractivity contribution in [2.75, 3.05) is 16.8 Å². The average molecular weight is 409 g/mol. The highest BCUT2D eigenvalue weighted by atomic mass is 16.1. The van der Waals surface area contributed by atoms with Crippen molar-refractivity contribution in [1.82, 2.24) is 15.0 Å². The third kappa shape index (κ3) is 5.30. The molecule has 6 heteroatoms. The van der Waals surface area contributed by atoms with Gasteiger partial charge in [-0.1, -0.05) is 36.4 Å². The first kappa shape index (κ1) is 20.2. The predicted octanol–water partition coefficient (Wildman–Crippen LogP) is 4.36. The second kappa shape index (κ2) is 10.1. The van der Waals surface area contributed by atoms with E-state index in [1.54, 1.807) is 23.5 Å². The molecule has 3 aromatic heterocycles. The summed E-state index contributed by atoms with van der Waals surface area (Å²) in [6, 6.07) is 23.6. The monoisotopic (exact) mass is 409 g/mol. The van der Waals surface area contributed by atoms with Crippen LogP contribution in [0.25, 0.3) is 11.3 Å². The summed E-state index contributed by atoms with van der Waals surface area (Å²) in [5.74, 6) is 0.665. The van der Waals surface area contributed by atoms with E-state index in [2.05, 4.69) is 15.3 Å². The van der Waals surface area contributed by atoms with Gasteiger partial charge in [-0.2, -0.15) is 0 Å². The molecule has 0 unspecified atom stereocenters. The minimum atomic E-state index is 0.438. The van der Waals surface area contributed by atoms with E-state index < -0.39 is 0 Å². The largest absolute Gasteiger partial charge is 0.368 e. The number of nitrogens with zero attached hydrogens (tertiary/aromatic N) is 4. The van der Waals surface area contributed by atoms with Gasteiger partial charge in [-0.3, -0.25) is 14.8 Å². The van der Waals surface area contributed by atoms with Crippen LogP contribution in [0.1, 0.15) is 11.3 Å². The Morgan fingerprint density at radius 1 is 0.871 bits per heavy atom. The fraction of sp³-hybridized carbons (Fsp3) is 0.120. The van der Waals surface area contributed by atoms with Crippen LogP contribution in [-0.2, 0) is 17.8 Å². The van der Waals surface area contributed by atoms with Gasteiger partial charge in [0.15, 0.2) is 5.82 Å². The molecular formula is C25H23N5O. The van der Waals surface area contributed by atoms with Crippen LogP contribution in [0.3, 0.4) is 0 Å². The third-order valence-electron chi connectivity index (χ3n) is 4.88. The number of benzene rings is 1. The summed E-state index contributed by atoms with van der Waals surface area (Å²) in [6.07, 6.45) is 6.83. The second-order valence-electron chi connectivity index (χ2n) is 7.02.